The Morgan fingerprint density at radius 2 is 1.63 bits per heavy atom. The van der Waals surface area contributed by atoms with Gasteiger partial charge in [0.05, 0.1) is 5.76 Å². The van der Waals surface area contributed by atoms with Crippen molar-refractivity contribution in [2.24, 2.45) is 5.16 Å². The molecular weight excluding hydrogens is 238 g/mol. The van der Waals surface area contributed by atoms with E-state index in [0.717, 1.165) is 16.7 Å². The lowest BCUT2D eigenvalue weighted by Crippen LogP contribution is -2.07. The summed E-state index contributed by atoms with van der Waals surface area (Å²) < 4.78 is 0. The first-order valence-electron chi connectivity index (χ1n) is 5.95. The predicted molar refractivity (Wildman–Crippen MR) is 75.8 cm³/mol. The molecule has 0 aliphatic rings. The number of aliphatic hydroxyl groups excluding tert-OH is 1. The average molecular weight is 253 g/mol. The molecule has 0 fully saturated rings. The molecular formula is C16H15NO2. The fraction of sp³-hybridized carbons (Fsp3) is 0.0625. The van der Waals surface area contributed by atoms with Crippen molar-refractivity contribution in [1.29, 1.82) is 0 Å². The van der Waals surface area contributed by atoms with Crippen LogP contribution in [-0.2, 0) is 6.42 Å². The molecule has 19 heavy (non-hydrogen) atoms. The molecule has 3 heteroatoms. The highest BCUT2D eigenvalue weighted by Gasteiger charge is 2.12. The summed E-state index contributed by atoms with van der Waals surface area (Å²) in [6.07, 6.45) is 0.335. The zero-order chi connectivity index (χ0) is 13.7. The van der Waals surface area contributed by atoms with Gasteiger partial charge in [0, 0.05) is 17.5 Å². The molecule has 0 unspecified atom stereocenters. The lowest BCUT2D eigenvalue weighted by Gasteiger charge is -2.10. The maximum atomic E-state index is 9.36. The van der Waals surface area contributed by atoms with Crippen LogP contribution in [0.3, 0.4) is 0 Å². The first kappa shape index (κ1) is 12.9. The van der Waals surface area contributed by atoms with Crippen LogP contribution in [0.1, 0.15) is 16.7 Å². The molecule has 0 radical (unpaired) electrons. The van der Waals surface area contributed by atoms with E-state index in [-0.39, 0.29) is 5.76 Å². The van der Waals surface area contributed by atoms with Crippen molar-refractivity contribution in [2.45, 2.75) is 6.42 Å². The zero-order valence-electron chi connectivity index (χ0n) is 10.5. The summed E-state index contributed by atoms with van der Waals surface area (Å²) in [6.45, 7) is 3.50. The summed E-state index contributed by atoms with van der Waals surface area (Å²) in [5.41, 5.74) is 2.96. The molecule has 0 aliphatic carbocycles. The summed E-state index contributed by atoms with van der Waals surface area (Å²) in [5, 5.41) is 22.1. The Hall–Kier alpha value is -2.55. The van der Waals surface area contributed by atoms with Gasteiger partial charge in [-0.2, -0.15) is 0 Å². The van der Waals surface area contributed by atoms with Gasteiger partial charge >= 0.3 is 0 Å². The molecule has 0 heterocycles. The summed E-state index contributed by atoms with van der Waals surface area (Å²) >= 11 is 0. The summed E-state index contributed by atoms with van der Waals surface area (Å²) in [5.74, 6) is 0.0813. The van der Waals surface area contributed by atoms with Gasteiger partial charge in [0.1, 0.15) is 5.71 Å². The Morgan fingerprint density at radius 3 is 2.26 bits per heavy atom. The fourth-order valence-electron chi connectivity index (χ4n) is 1.99. The van der Waals surface area contributed by atoms with Crippen LogP contribution in [0.25, 0.3) is 0 Å². The summed E-state index contributed by atoms with van der Waals surface area (Å²) in [6, 6.07) is 16.9. The van der Waals surface area contributed by atoms with Gasteiger partial charge in [-0.05, 0) is 5.56 Å². The third-order valence-electron chi connectivity index (χ3n) is 2.81. The molecule has 0 saturated carbocycles. The zero-order valence-corrected chi connectivity index (χ0v) is 10.5. The monoisotopic (exact) mass is 253 g/mol. The molecule has 3 nitrogen and oxygen atoms in total. The highest BCUT2D eigenvalue weighted by atomic mass is 16.4. The van der Waals surface area contributed by atoms with Crippen LogP contribution in [0, 0.1) is 0 Å². The molecule has 96 valence electrons. The SMILES string of the molecule is C=C(O)Cc1ccccc1C(=NO)c1ccccc1. The van der Waals surface area contributed by atoms with Crippen molar-refractivity contribution in [1.82, 2.24) is 0 Å². The lowest BCUT2D eigenvalue weighted by atomic mass is 9.95. The van der Waals surface area contributed by atoms with E-state index in [1.165, 1.54) is 0 Å². The summed E-state index contributed by atoms with van der Waals surface area (Å²) in [7, 11) is 0. The number of benzene rings is 2. The largest absolute Gasteiger partial charge is 0.513 e. The normalized spacial score (nSPS) is 11.3. The molecule has 0 aromatic heterocycles. The molecule has 2 aromatic rings. The number of oxime groups is 1. The van der Waals surface area contributed by atoms with Gasteiger partial charge in [0.2, 0.25) is 0 Å². The number of hydrogen-bond acceptors (Lipinski definition) is 3. The molecule has 0 aliphatic heterocycles. The number of rotatable bonds is 4. The summed E-state index contributed by atoms with van der Waals surface area (Å²) in [4.78, 5) is 0. The van der Waals surface area contributed by atoms with Crippen LogP contribution >= 0.6 is 0 Å². The Bertz CT molecular complexity index is 603. The van der Waals surface area contributed by atoms with Crippen molar-refractivity contribution in [3.63, 3.8) is 0 Å². The van der Waals surface area contributed by atoms with Gasteiger partial charge in [-0.1, -0.05) is 66.3 Å². The molecule has 2 aromatic carbocycles. The van der Waals surface area contributed by atoms with E-state index >= 15 is 0 Å². The first-order valence-corrected chi connectivity index (χ1v) is 5.95. The first-order chi connectivity index (χ1) is 9.22. The van der Waals surface area contributed by atoms with Crippen molar-refractivity contribution in [2.75, 3.05) is 0 Å². The van der Waals surface area contributed by atoms with E-state index in [1.54, 1.807) is 0 Å². The van der Waals surface area contributed by atoms with Crippen molar-refractivity contribution in [3.8, 4) is 0 Å². The number of aliphatic hydroxyl groups is 1. The van der Waals surface area contributed by atoms with Gasteiger partial charge in [0.15, 0.2) is 0 Å². The van der Waals surface area contributed by atoms with Crippen LogP contribution in [0.15, 0.2) is 72.1 Å². The van der Waals surface area contributed by atoms with Crippen LogP contribution in [-0.4, -0.2) is 16.0 Å². The molecule has 2 rings (SSSR count). The van der Waals surface area contributed by atoms with Crippen molar-refractivity contribution in [3.05, 3.63) is 83.6 Å². The van der Waals surface area contributed by atoms with Gasteiger partial charge in [-0.25, -0.2) is 0 Å². The Labute approximate surface area is 112 Å². The van der Waals surface area contributed by atoms with E-state index < -0.39 is 0 Å². The molecule has 0 amide bonds. The van der Waals surface area contributed by atoms with Gasteiger partial charge in [-0.15, -0.1) is 0 Å². The predicted octanol–water partition coefficient (Wildman–Crippen LogP) is 3.53. The van der Waals surface area contributed by atoms with E-state index in [4.69, 9.17) is 0 Å². The second-order valence-corrected chi connectivity index (χ2v) is 4.21. The number of hydrogen-bond donors (Lipinski definition) is 2. The van der Waals surface area contributed by atoms with E-state index in [2.05, 4.69) is 11.7 Å². The maximum absolute atomic E-state index is 9.36. The second kappa shape index (κ2) is 5.87. The Morgan fingerprint density at radius 1 is 1.00 bits per heavy atom. The molecule has 2 N–H and O–H groups in total. The third-order valence-corrected chi connectivity index (χ3v) is 2.81. The van der Waals surface area contributed by atoms with Crippen molar-refractivity contribution < 1.29 is 10.3 Å². The van der Waals surface area contributed by atoms with Crippen LogP contribution in [0.2, 0.25) is 0 Å². The highest BCUT2D eigenvalue weighted by molar-refractivity contribution is 6.13. The maximum Gasteiger partial charge on any atom is 0.117 e. The minimum atomic E-state index is 0.0813. The van der Waals surface area contributed by atoms with Gasteiger partial charge < -0.3 is 10.3 Å². The smallest absolute Gasteiger partial charge is 0.117 e. The molecule has 0 spiro atoms. The van der Waals surface area contributed by atoms with E-state index in [9.17, 15) is 10.3 Å². The molecule has 0 saturated heterocycles. The lowest BCUT2D eigenvalue weighted by molar-refractivity contribution is 0.319. The standard InChI is InChI=1S/C16H15NO2/c1-12(18)11-14-9-5-6-10-15(14)16(17-19)13-7-3-2-4-8-13/h2-10,18-19H,1,11H2. The quantitative estimate of drug-likeness (QED) is 0.379. The van der Waals surface area contributed by atoms with Crippen LogP contribution in [0.5, 0.6) is 0 Å². The fourth-order valence-corrected chi connectivity index (χ4v) is 1.99. The number of allylic oxidation sites excluding steroid dienone is 1. The van der Waals surface area contributed by atoms with Crippen LogP contribution < -0.4 is 0 Å². The van der Waals surface area contributed by atoms with E-state index in [0.29, 0.717) is 12.1 Å². The van der Waals surface area contributed by atoms with Crippen molar-refractivity contribution >= 4 is 5.71 Å². The topological polar surface area (TPSA) is 52.8 Å². The van der Waals surface area contributed by atoms with E-state index in [1.807, 2.05) is 54.6 Å². The van der Waals surface area contributed by atoms with Crippen LogP contribution in [0.4, 0.5) is 0 Å². The average Bonchev–Trinajstić information content (AvgIpc) is 2.42. The Kier molecular flexibility index (Phi) is 3.98. The Balaban J connectivity index is 2.48. The second-order valence-electron chi connectivity index (χ2n) is 4.21. The van der Waals surface area contributed by atoms with Gasteiger partial charge in [0.25, 0.3) is 0 Å². The molecule has 0 bridgehead atoms. The molecule has 0 atom stereocenters. The highest BCUT2D eigenvalue weighted by Crippen LogP contribution is 2.17. The minimum absolute atomic E-state index is 0.0813. The minimum Gasteiger partial charge on any atom is -0.513 e. The third kappa shape index (κ3) is 3.01. The number of nitrogens with zero attached hydrogens (tertiary/aromatic N) is 1. The van der Waals surface area contributed by atoms with Gasteiger partial charge in [-0.3, -0.25) is 0 Å².